The molecule has 0 aromatic heterocycles. The molecule has 10 atom stereocenters. The average molecular weight is 415 g/mol. The van der Waals surface area contributed by atoms with Crippen molar-refractivity contribution in [3.63, 3.8) is 0 Å². The maximum absolute atomic E-state index is 10.5. The number of hydrogen-bond donors (Lipinski definition) is 1. The number of rotatable bonds is 5. The first kappa shape index (κ1) is 22.9. The Hall–Kier alpha value is -0.300. The first-order valence-corrected chi connectivity index (χ1v) is 13.4. The van der Waals surface area contributed by atoms with E-state index in [0.717, 1.165) is 41.9 Å². The molecular formula is C29H50O. The summed E-state index contributed by atoms with van der Waals surface area (Å²) < 4.78 is 0. The number of aliphatic hydroxyl groups excluding tert-OH is 1. The van der Waals surface area contributed by atoms with Gasteiger partial charge in [-0.3, -0.25) is 0 Å². The zero-order valence-electron chi connectivity index (χ0n) is 20.9. The van der Waals surface area contributed by atoms with Gasteiger partial charge in [0, 0.05) is 0 Å². The normalized spacial score (nSPS) is 49.3. The molecule has 0 aromatic carbocycles. The van der Waals surface area contributed by atoms with Gasteiger partial charge < -0.3 is 5.11 Å². The van der Waals surface area contributed by atoms with E-state index in [4.69, 9.17) is 0 Å². The topological polar surface area (TPSA) is 20.2 Å². The summed E-state index contributed by atoms with van der Waals surface area (Å²) in [4.78, 5) is 0. The maximum atomic E-state index is 10.5. The first-order chi connectivity index (χ1) is 14.1. The summed E-state index contributed by atoms with van der Waals surface area (Å²) in [5.74, 6) is 6.47. The number of aliphatic hydroxyl groups is 1. The lowest BCUT2D eigenvalue weighted by Crippen LogP contribution is -2.56. The Morgan fingerprint density at radius 3 is 2.23 bits per heavy atom. The van der Waals surface area contributed by atoms with Crippen LogP contribution < -0.4 is 0 Å². The van der Waals surface area contributed by atoms with Crippen molar-refractivity contribution in [3.8, 4) is 0 Å². The smallest absolute Gasteiger partial charge is 0.0568 e. The highest BCUT2D eigenvalue weighted by molar-refractivity contribution is 5.10. The van der Waals surface area contributed by atoms with Crippen LogP contribution in [0.4, 0.5) is 0 Å². The largest absolute Gasteiger partial charge is 0.393 e. The van der Waals surface area contributed by atoms with Crippen molar-refractivity contribution in [1.82, 2.24) is 0 Å². The second-order valence-corrected chi connectivity index (χ2v) is 13.1. The van der Waals surface area contributed by atoms with E-state index in [2.05, 4.69) is 48.1 Å². The molecule has 0 heterocycles. The number of hydrogen-bond acceptors (Lipinski definition) is 1. The van der Waals surface area contributed by atoms with Crippen LogP contribution in [-0.4, -0.2) is 11.2 Å². The van der Waals surface area contributed by atoms with Gasteiger partial charge in [-0.05, 0) is 122 Å². The summed E-state index contributed by atoms with van der Waals surface area (Å²) >= 11 is 0. The summed E-state index contributed by atoms with van der Waals surface area (Å²) in [5.41, 5.74) is 2.51. The predicted octanol–water partition coefficient (Wildman–Crippen LogP) is 7.88. The molecule has 1 nitrogen and oxygen atoms in total. The molecule has 4 saturated carbocycles. The second kappa shape index (κ2) is 8.24. The van der Waals surface area contributed by atoms with E-state index < -0.39 is 0 Å². The monoisotopic (exact) mass is 414 g/mol. The average Bonchev–Trinajstić information content (AvgIpc) is 3.06. The fraction of sp³-hybridized carbons (Fsp3) is 0.931. The minimum absolute atomic E-state index is 0.0502. The zero-order chi connectivity index (χ0) is 21.8. The summed E-state index contributed by atoms with van der Waals surface area (Å²) in [6.07, 6.45) is 13.5. The Morgan fingerprint density at radius 2 is 1.53 bits per heavy atom. The van der Waals surface area contributed by atoms with Crippen molar-refractivity contribution in [2.24, 2.45) is 58.2 Å². The van der Waals surface area contributed by atoms with Crippen molar-refractivity contribution in [3.05, 3.63) is 12.2 Å². The van der Waals surface area contributed by atoms with Crippen molar-refractivity contribution >= 4 is 0 Å². The van der Waals surface area contributed by atoms with Gasteiger partial charge in [-0.2, -0.15) is 0 Å². The van der Waals surface area contributed by atoms with Gasteiger partial charge in [0.1, 0.15) is 0 Å². The van der Waals surface area contributed by atoms with E-state index in [0.29, 0.717) is 22.7 Å². The molecule has 4 aliphatic rings. The first-order valence-electron chi connectivity index (χ1n) is 13.4. The summed E-state index contributed by atoms with van der Waals surface area (Å²) in [6.45, 7) is 19.2. The molecule has 0 spiro atoms. The van der Waals surface area contributed by atoms with Crippen LogP contribution in [0.25, 0.3) is 0 Å². The Kier molecular flexibility index (Phi) is 6.28. The van der Waals surface area contributed by atoms with Crippen LogP contribution >= 0.6 is 0 Å². The molecular weight excluding hydrogens is 364 g/mol. The van der Waals surface area contributed by atoms with Gasteiger partial charge in [0.05, 0.1) is 6.10 Å². The van der Waals surface area contributed by atoms with Crippen LogP contribution in [-0.2, 0) is 0 Å². The molecule has 0 saturated heterocycles. The van der Waals surface area contributed by atoms with Gasteiger partial charge in [-0.15, -0.1) is 0 Å². The lowest BCUT2D eigenvalue weighted by atomic mass is 9.43. The Labute approximate surface area is 187 Å². The van der Waals surface area contributed by atoms with Gasteiger partial charge in [0.2, 0.25) is 0 Å². The van der Waals surface area contributed by atoms with Crippen LogP contribution in [0.3, 0.4) is 0 Å². The summed E-state index contributed by atoms with van der Waals surface area (Å²) in [5, 5.41) is 10.5. The molecule has 1 N–H and O–H groups in total. The highest BCUT2D eigenvalue weighted by Crippen LogP contribution is 2.68. The van der Waals surface area contributed by atoms with Crippen LogP contribution in [0.2, 0.25) is 0 Å². The maximum Gasteiger partial charge on any atom is 0.0568 e. The molecule has 0 amide bonds. The molecule has 0 radical (unpaired) electrons. The van der Waals surface area contributed by atoms with Gasteiger partial charge in [-0.1, -0.05) is 53.7 Å². The molecule has 0 bridgehead atoms. The minimum atomic E-state index is -0.0502. The van der Waals surface area contributed by atoms with Crippen LogP contribution in [0.5, 0.6) is 0 Å². The Bertz CT molecular complexity index is 636. The predicted molar refractivity (Wildman–Crippen MR) is 128 cm³/mol. The molecule has 4 aliphatic carbocycles. The van der Waals surface area contributed by atoms with Crippen molar-refractivity contribution in [1.29, 1.82) is 0 Å². The number of allylic oxidation sites excluding steroid dienone is 1. The van der Waals surface area contributed by atoms with Gasteiger partial charge in [0.15, 0.2) is 0 Å². The summed E-state index contributed by atoms with van der Waals surface area (Å²) in [6, 6.07) is 0. The van der Waals surface area contributed by atoms with Crippen molar-refractivity contribution < 1.29 is 5.11 Å². The Morgan fingerprint density at radius 1 is 0.900 bits per heavy atom. The van der Waals surface area contributed by atoms with Crippen LogP contribution in [0.1, 0.15) is 106 Å². The third-order valence-corrected chi connectivity index (χ3v) is 11.7. The molecule has 4 fully saturated rings. The van der Waals surface area contributed by atoms with E-state index in [1.807, 2.05) is 0 Å². The molecule has 4 rings (SSSR count). The standard InChI is InChI=1S/C29H50O/c1-18(2)19(3)8-9-20(4)23-12-13-25-22-10-11-24-21(5)27(30)15-17-29(24,7)26(22)14-16-28(23,25)6/h18,20-27,30H,3,8-17H2,1-2,4-7H3/t20-,21+,22+,23-,24-,25-,26-,27+,28-,29+/m1/s1. The third-order valence-electron chi connectivity index (χ3n) is 11.7. The SMILES string of the molecule is C=C(CC[C@@H](C)[C@H]1CC[C@@H]2[C@@H]3CC[C@@H]4[C@H](C)[C@@H](O)CC[C@]4(C)[C@@H]3CC[C@@]21C)C(C)C. The van der Waals surface area contributed by atoms with Gasteiger partial charge in [0.25, 0.3) is 0 Å². The molecule has 30 heavy (non-hydrogen) atoms. The van der Waals surface area contributed by atoms with Crippen molar-refractivity contribution in [2.75, 3.05) is 0 Å². The molecule has 0 unspecified atom stereocenters. The highest BCUT2D eigenvalue weighted by atomic mass is 16.3. The lowest BCUT2D eigenvalue weighted by molar-refractivity contribution is -0.149. The highest BCUT2D eigenvalue weighted by Gasteiger charge is 2.61. The van der Waals surface area contributed by atoms with Crippen molar-refractivity contribution in [2.45, 2.75) is 112 Å². The zero-order valence-corrected chi connectivity index (χ0v) is 20.9. The minimum Gasteiger partial charge on any atom is -0.393 e. The fourth-order valence-electron chi connectivity index (χ4n) is 9.59. The Balaban J connectivity index is 1.48. The fourth-order valence-corrected chi connectivity index (χ4v) is 9.59. The third kappa shape index (κ3) is 3.54. The van der Waals surface area contributed by atoms with Gasteiger partial charge >= 0.3 is 0 Å². The molecule has 0 aromatic rings. The van der Waals surface area contributed by atoms with E-state index in [1.165, 1.54) is 63.4 Å². The van der Waals surface area contributed by atoms with E-state index in [-0.39, 0.29) is 6.10 Å². The molecule has 172 valence electrons. The van der Waals surface area contributed by atoms with Gasteiger partial charge in [-0.25, -0.2) is 0 Å². The van der Waals surface area contributed by atoms with E-state index in [9.17, 15) is 5.11 Å². The summed E-state index contributed by atoms with van der Waals surface area (Å²) in [7, 11) is 0. The van der Waals surface area contributed by atoms with Crippen LogP contribution in [0.15, 0.2) is 12.2 Å². The second-order valence-electron chi connectivity index (χ2n) is 13.1. The van der Waals surface area contributed by atoms with E-state index in [1.54, 1.807) is 0 Å². The quantitative estimate of drug-likeness (QED) is 0.454. The van der Waals surface area contributed by atoms with E-state index >= 15 is 0 Å². The molecule has 1 heteroatoms. The number of fused-ring (bicyclic) bond motifs is 5. The van der Waals surface area contributed by atoms with Crippen LogP contribution in [0, 0.1) is 58.2 Å². The molecule has 0 aliphatic heterocycles. The lowest BCUT2D eigenvalue weighted by Gasteiger charge is -2.62.